The number of rotatable bonds is 1. The highest BCUT2D eigenvalue weighted by Gasteiger charge is 1.81. The van der Waals surface area contributed by atoms with Crippen LogP contribution in [0.1, 0.15) is 76.7 Å². The minimum atomic E-state index is -0.0602. The molecule has 2 aromatic carbocycles. The van der Waals surface area contributed by atoms with Crippen LogP contribution in [0.15, 0.2) is 72.8 Å². The highest BCUT2D eigenvalue weighted by molar-refractivity contribution is 4.99. The van der Waals surface area contributed by atoms with E-state index in [1.807, 2.05) is 128 Å². The van der Waals surface area contributed by atoms with Gasteiger partial charge in [-0.15, -0.1) is 0 Å². The van der Waals surface area contributed by atoms with Crippen molar-refractivity contribution in [2.45, 2.75) is 82.8 Å². The predicted molar refractivity (Wildman–Crippen MR) is 124 cm³/mol. The molecule has 0 unspecified atom stereocenters. The van der Waals surface area contributed by atoms with Crippen LogP contribution in [0.3, 0.4) is 0 Å². The predicted octanol–water partition coefficient (Wildman–Crippen LogP) is 9.00. The summed E-state index contributed by atoms with van der Waals surface area (Å²) in [5, 5.41) is 7.64. The van der Waals surface area contributed by atoms with Crippen LogP contribution in [-0.4, -0.2) is 11.4 Å². The molecule has 0 radical (unpaired) electrons. The first-order chi connectivity index (χ1) is 12.3. The third-order valence-corrected chi connectivity index (χ3v) is 1.54. The SMILES string of the molecule is C.CC.CC.CC.CC.CC(C)OO.c1ccccc1.c1ccccc1. The van der Waals surface area contributed by atoms with Gasteiger partial charge in [-0.2, -0.15) is 0 Å². The fourth-order valence-electron chi connectivity index (χ4n) is 0.770. The second-order valence-corrected chi connectivity index (χ2v) is 3.46. The van der Waals surface area contributed by atoms with Crippen LogP contribution in [0.2, 0.25) is 0 Å². The number of hydrogen-bond donors (Lipinski definition) is 1. The van der Waals surface area contributed by atoms with Gasteiger partial charge in [0.1, 0.15) is 0 Å². The zero-order chi connectivity index (χ0) is 20.8. The van der Waals surface area contributed by atoms with E-state index in [0.717, 1.165) is 0 Å². The molecule has 0 aliphatic carbocycles. The zero-order valence-corrected chi connectivity index (χ0v) is 18.4. The second-order valence-electron chi connectivity index (χ2n) is 3.46. The monoisotopic (exact) mass is 368 g/mol. The Bertz CT molecular complexity index is 236. The molecule has 0 spiro atoms. The van der Waals surface area contributed by atoms with Gasteiger partial charge in [0.2, 0.25) is 0 Å². The highest BCUT2D eigenvalue weighted by Crippen LogP contribution is 1.80. The van der Waals surface area contributed by atoms with E-state index in [0.29, 0.717) is 0 Å². The first-order valence-electron chi connectivity index (χ1n) is 9.57. The van der Waals surface area contributed by atoms with Crippen molar-refractivity contribution in [3.8, 4) is 0 Å². The summed E-state index contributed by atoms with van der Waals surface area (Å²) in [4.78, 5) is 3.75. The lowest BCUT2D eigenvalue weighted by Gasteiger charge is -1.91. The zero-order valence-electron chi connectivity index (χ0n) is 18.4. The molecule has 0 aromatic heterocycles. The van der Waals surface area contributed by atoms with Crippen molar-refractivity contribution in [1.82, 2.24) is 0 Å². The first-order valence-corrected chi connectivity index (χ1v) is 9.57. The topological polar surface area (TPSA) is 29.5 Å². The third kappa shape index (κ3) is 66.8. The van der Waals surface area contributed by atoms with Gasteiger partial charge in [-0.25, -0.2) is 4.89 Å². The van der Waals surface area contributed by atoms with Crippen LogP contribution in [-0.2, 0) is 4.89 Å². The van der Waals surface area contributed by atoms with Gasteiger partial charge in [0.15, 0.2) is 0 Å². The highest BCUT2D eigenvalue weighted by atomic mass is 17.1. The van der Waals surface area contributed by atoms with Gasteiger partial charge < -0.3 is 0 Å². The van der Waals surface area contributed by atoms with Crippen LogP contribution in [0.5, 0.6) is 0 Å². The van der Waals surface area contributed by atoms with Crippen LogP contribution in [0.25, 0.3) is 0 Å². The summed E-state index contributed by atoms with van der Waals surface area (Å²) in [6.45, 7) is 19.5. The average molecular weight is 369 g/mol. The Labute approximate surface area is 166 Å². The Morgan fingerprint density at radius 1 is 0.462 bits per heavy atom. The Morgan fingerprint density at radius 2 is 0.538 bits per heavy atom. The average Bonchev–Trinajstić information content (AvgIpc) is 2.77. The summed E-state index contributed by atoms with van der Waals surface area (Å²) in [7, 11) is 0. The molecule has 1 N–H and O–H groups in total. The van der Waals surface area contributed by atoms with Gasteiger partial charge in [0.25, 0.3) is 0 Å². The van der Waals surface area contributed by atoms with E-state index in [-0.39, 0.29) is 13.5 Å². The van der Waals surface area contributed by atoms with E-state index in [4.69, 9.17) is 5.26 Å². The fourth-order valence-corrected chi connectivity index (χ4v) is 0.770. The van der Waals surface area contributed by atoms with E-state index >= 15 is 0 Å². The van der Waals surface area contributed by atoms with Crippen molar-refractivity contribution >= 4 is 0 Å². The molecule has 0 aliphatic rings. The van der Waals surface area contributed by atoms with Crippen molar-refractivity contribution < 1.29 is 10.1 Å². The summed E-state index contributed by atoms with van der Waals surface area (Å²) in [6, 6.07) is 24.0. The molecule has 2 rings (SSSR count). The van der Waals surface area contributed by atoms with Gasteiger partial charge in [0, 0.05) is 0 Å². The van der Waals surface area contributed by atoms with Crippen molar-refractivity contribution in [3.05, 3.63) is 72.8 Å². The molecule has 0 bridgehead atoms. The van der Waals surface area contributed by atoms with Crippen molar-refractivity contribution in [3.63, 3.8) is 0 Å². The van der Waals surface area contributed by atoms with Crippen molar-refractivity contribution in [2.24, 2.45) is 0 Å². The summed E-state index contributed by atoms with van der Waals surface area (Å²) in [5.74, 6) is 0. The summed E-state index contributed by atoms with van der Waals surface area (Å²) < 4.78 is 0. The van der Waals surface area contributed by atoms with Gasteiger partial charge in [-0.1, -0.05) is 136 Å². The van der Waals surface area contributed by atoms with Crippen molar-refractivity contribution in [1.29, 1.82) is 0 Å². The Kier molecular flexibility index (Phi) is 85.9. The van der Waals surface area contributed by atoms with Gasteiger partial charge in [-0.05, 0) is 13.8 Å². The lowest BCUT2D eigenvalue weighted by atomic mass is 10.4. The molecule has 156 valence electrons. The molecular formula is C24H48O2. The van der Waals surface area contributed by atoms with Gasteiger partial charge >= 0.3 is 0 Å². The molecule has 0 aliphatic heterocycles. The quantitative estimate of drug-likeness (QED) is 0.402. The lowest BCUT2D eigenvalue weighted by Crippen LogP contribution is -1.95. The molecule has 2 aromatic rings. The molecule has 0 atom stereocenters. The molecular weight excluding hydrogens is 320 g/mol. The van der Waals surface area contributed by atoms with E-state index < -0.39 is 0 Å². The molecule has 26 heavy (non-hydrogen) atoms. The van der Waals surface area contributed by atoms with Crippen molar-refractivity contribution in [2.75, 3.05) is 0 Å². The summed E-state index contributed by atoms with van der Waals surface area (Å²) in [5.41, 5.74) is 0. The number of benzene rings is 2. The fraction of sp³-hybridized carbons (Fsp3) is 0.500. The van der Waals surface area contributed by atoms with E-state index in [9.17, 15) is 0 Å². The summed E-state index contributed by atoms with van der Waals surface area (Å²) in [6.07, 6.45) is -0.0602. The number of hydrogen-bond acceptors (Lipinski definition) is 2. The van der Waals surface area contributed by atoms with E-state index in [2.05, 4.69) is 4.89 Å². The molecule has 0 fully saturated rings. The van der Waals surface area contributed by atoms with Crippen LogP contribution in [0.4, 0.5) is 0 Å². The molecule has 2 heteroatoms. The maximum absolute atomic E-state index is 7.64. The van der Waals surface area contributed by atoms with E-state index in [1.165, 1.54) is 0 Å². The Hall–Kier alpha value is -1.64. The molecule has 0 saturated heterocycles. The minimum absolute atomic E-state index is 0. The standard InChI is InChI=1S/2C6H6.C3H8O2.4C2H6.CH4/c2*1-2-4-6-5-3-1;1-3(2)5-4;4*1-2;/h2*1-6H;3-4H,1-2H3;4*1-2H3;1H4. The van der Waals surface area contributed by atoms with Gasteiger partial charge in [-0.3, -0.25) is 5.26 Å². The molecule has 0 heterocycles. The minimum Gasteiger partial charge on any atom is -0.252 e. The van der Waals surface area contributed by atoms with Crippen LogP contribution < -0.4 is 0 Å². The second kappa shape index (κ2) is 56.6. The van der Waals surface area contributed by atoms with Crippen LogP contribution >= 0.6 is 0 Å². The first kappa shape index (κ1) is 39.4. The Morgan fingerprint density at radius 3 is 0.577 bits per heavy atom. The van der Waals surface area contributed by atoms with Crippen LogP contribution in [0, 0.1) is 0 Å². The molecule has 0 saturated carbocycles. The molecule has 2 nitrogen and oxygen atoms in total. The largest absolute Gasteiger partial charge is 0.252 e. The van der Waals surface area contributed by atoms with E-state index in [1.54, 1.807) is 13.8 Å². The normalized spacial score (nSPS) is 6.46. The maximum atomic E-state index is 7.64. The van der Waals surface area contributed by atoms with Gasteiger partial charge in [0.05, 0.1) is 6.10 Å². The smallest absolute Gasteiger partial charge is 0.0871 e. The Balaban J connectivity index is -0.0000000479. The third-order valence-electron chi connectivity index (χ3n) is 1.54. The molecule has 0 amide bonds. The summed E-state index contributed by atoms with van der Waals surface area (Å²) >= 11 is 0. The lowest BCUT2D eigenvalue weighted by molar-refractivity contribution is -0.269. The maximum Gasteiger partial charge on any atom is 0.0871 e.